The molecule has 0 aromatic heterocycles. The van der Waals surface area contributed by atoms with Crippen molar-refractivity contribution in [2.75, 3.05) is 0 Å². The van der Waals surface area contributed by atoms with Crippen LogP contribution in [0.25, 0.3) is 0 Å². The van der Waals surface area contributed by atoms with Gasteiger partial charge in [-0.3, -0.25) is 0 Å². The largest absolute Gasteiger partial charge is 0.478 e. The van der Waals surface area contributed by atoms with Crippen LogP contribution >= 0.6 is 0 Å². The van der Waals surface area contributed by atoms with E-state index in [2.05, 4.69) is 6.92 Å². The van der Waals surface area contributed by atoms with E-state index in [0.717, 1.165) is 44.8 Å². The van der Waals surface area contributed by atoms with Crippen LogP contribution in [0.3, 0.4) is 0 Å². The van der Waals surface area contributed by atoms with Crippen LogP contribution in [0.1, 0.15) is 104 Å². The molecule has 0 amide bonds. The number of carboxylic acids is 1. The van der Waals surface area contributed by atoms with Crippen molar-refractivity contribution in [2.24, 2.45) is 5.92 Å². The zero-order valence-electron chi connectivity index (χ0n) is 15.9. The lowest BCUT2D eigenvalue weighted by atomic mass is 9.95. The third-order valence-corrected chi connectivity index (χ3v) is 4.69. The molecule has 0 fully saturated rings. The Hall–Kier alpha value is -1.12. The van der Waals surface area contributed by atoms with Gasteiger partial charge < -0.3 is 9.90 Å². The highest BCUT2D eigenvalue weighted by Gasteiger charge is 2.06. The van der Waals surface area contributed by atoms with Crippen LogP contribution < -0.4 is 0 Å². The van der Waals surface area contributed by atoms with E-state index in [9.17, 15) is 9.59 Å². The van der Waals surface area contributed by atoms with Crippen LogP contribution in [-0.4, -0.2) is 17.4 Å². The summed E-state index contributed by atoms with van der Waals surface area (Å²) in [6.07, 6.45) is 19.4. The number of aldehydes is 1. The Morgan fingerprint density at radius 2 is 1.38 bits per heavy atom. The van der Waals surface area contributed by atoms with Gasteiger partial charge in [0.05, 0.1) is 0 Å². The van der Waals surface area contributed by atoms with Gasteiger partial charge in [-0.05, 0) is 32.6 Å². The molecule has 0 aliphatic heterocycles. The van der Waals surface area contributed by atoms with Crippen molar-refractivity contribution in [1.29, 1.82) is 0 Å². The average Bonchev–Trinajstić information content (AvgIpc) is 2.57. The molecule has 0 saturated heterocycles. The minimum absolute atomic E-state index is 0.274. The van der Waals surface area contributed by atoms with Gasteiger partial charge in [-0.25, -0.2) is 4.79 Å². The second-order valence-electron chi connectivity index (χ2n) is 6.99. The number of allylic oxidation sites excluding steroid dienone is 1. The Labute approximate surface area is 148 Å². The maximum absolute atomic E-state index is 11.1. The highest BCUT2D eigenvalue weighted by molar-refractivity contribution is 5.85. The van der Waals surface area contributed by atoms with E-state index in [0.29, 0.717) is 5.57 Å². The summed E-state index contributed by atoms with van der Waals surface area (Å²) in [6.45, 7) is 3.87. The van der Waals surface area contributed by atoms with Gasteiger partial charge >= 0.3 is 5.97 Å². The van der Waals surface area contributed by atoms with Crippen LogP contribution in [0.4, 0.5) is 0 Å². The number of hydrogen-bond donors (Lipinski definition) is 1. The molecule has 0 aromatic carbocycles. The lowest BCUT2D eigenvalue weighted by Gasteiger charge is -2.09. The van der Waals surface area contributed by atoms with Gasteiger partial charge in [0.25, 0.3) is 0 Å². The van der Waals surface area contributed by atoms with Crippen molar-refractivity contribution < 1.29 is 14.7 Å². The van der Waals surface area contributed by atoms with Gasteiger partial charge in [0.15, 0.2) is 0 Å². The molecule has 0 spiro atoms. The minimum atomic E-state index is -0.815. The van der Waals surface area contributed by atoms with Gasteiger partial charge in [0, 0.05) is 11.5 Å². The first-order valence-corrected chi connectivity index (χ1v) is 9.97. The molecule has 0 saturated carbocycles. The maximum atomic E-state index is 11.1. The van der Waals surface area contributed by atoms with Crippen LogP contribution in [-0.2, 0) is 9.59 Å². The summed E-state index contributed by atoms with van der Waals surface area (Å²) in [5.41, 5.74) is 0.449. The molecule has 3 nitrogen and oxygen atoms in total. The molecular weight excluding hydrogens is 300 g/mol. The molecule has 0 aliphatic carbocycles. The van der Waals surface area contributed by atoms with E-state index in [1.54, 1.807) is 6.92 Å². The number of aliphatic carboxylic acids is 1. The van der Waals surface area contributed by atoms with E-state index >= 15 is 0 Å². The molecule has 0 rings (SSSR count). The Morgan fingerprint density at radius 3 is 1.88 bits per heavy atom. The Balaban J connectivity index is 3.45. The number of hydrogen-bond acceptors (Lipinski definition) is 2. The van der Waals surface area contributed by atoms with Crippen molar-refractivity contribution in [3.63, 3.8) is 0 Å². The number of unbranched alkanes of at least 4 members (excludes halogenated alkanes) is 10. The van der Waals surface area contributed by atoms with Gasteiger partial charge in [0.1, 0.15) is 6.29 Å². The first-order valence-electron chi connectivity index (χ1n) is 9.97. The van der Waals surface area contributed by atoms with E-state index in [4.69, 9.17) is 5.11 Å². The van der Waals surface area contributed by atoms with Crippen molar-refractivity contribution in [3.8, 4) is 0 Å². The van der Waals surface area contributed by atoms with Gasteiger partial charge in [0.2, 0.25) is 0 Å². The topological polar surface area (TPSA) is 54.4 Å². The fraction of sp³-hybridized carbons (Fsp3) is 0.810. The van der Waals surface area contributed by atoms with Crippen LogP contribution in [0.2, 0.25) is 0 Å². The molecule has 24 heavy (non-hydrogen) atoms. The van der Waals surface area contributed by atoms with Gasteiger partial charge in [-0.15, -0.1) is 0 Å². The summed E-state index contributed by atoms with van der Waals surface area (Å²) >= 11 is 0. The number of carboxylic acid groups (broad SMARTS) is 1. The van der Waals surface area contributed by atoms with Crippen molar-refractivity contribution in [2.45, 2.75) is 104 Å². The minimum Gasteiger partial charge on any atom is -0.478 e. The third kappa shape index (κ3) is 14.5. The lowest BCUT2D eigenvalue weighted by molar-refractivity contribution is -0.132. The molecule has 1 N–H and O–H groups in total. The van der Waals surface area contributed by atoms with E-state index in [1.807, 2.05) is 6.08 Å². The molecule has 0 bridgehead atoms. The van der Waals surface area contributed by atoms with E-state index in [-0.39, 0.29) is 5.92 Å². The highest BCUT2D eigenvalue weighted by atomic mass is 16.4. The quantitative estimate of drug-likeness (QED) is 0.192. The lowest BCUT2D eigenvalue weighted by Crippen LogP contribution is -2.02. The normalized spacial score (nSPS) is 13.0. The second-order valence-corrected chi connectivity index (χ2v) is 6.99. The summed E-state index contributed by atoms with van der Waals surface area (Å²) in [7, 11) is 0. The van der Waals surface area contributed by atoms with Crippen LogP contribution in [0.15, 0.2) is 11.6 Å². The van der Waals surface area contributed by atoms with E-state index < -0.39 is 5.97 Å². The van der Waals surface area contributed by atoms with Crippen molar-refractivity contribution >= 4 is 12.3 Å². The summed E-state index contributed by atoms with van der Waals surface area (Å²) in [6, 6.07) is 0. The molecule has 0 radical (unpaired) electrons. The molecule has 0 aromatic rings. The Bertz CT molecular complexity index is 347. The second kappa shape index (κ2) is 16.7. The standard InChI is InChI=1S/C21H38O3/c1-3-4-5-9-13-16-20(18-22)17-14-11-8-6-7-10-12-15-19(2)21(23)24/h15,18,20H,3-14,16-17H2,1-2H3,(H,23,24). The highest BCUT2D eigenvalue weighted by Crippen LogP contribution is 2.17. The zero-order chi connectivity index (χ0) is 18.0. The molecule has 0 aliphatic rings. The van der Waals surface area contributed by atoms with Crippen LogP contribution in [0.5, 0.6) is 0 Å². The average molecular weight is 339 g/mol. The summed E-state index contributed by atoms with van der Waals surface area (Å²) in [5.74, 6) is -0.541. The van der Waals surface area contributed by atoms with Crippen LogP contribution in [0, 0.1) is 5.92 Å². The molecule has 140 valence electrons. The monoisotopic (exact) mass is 338 g/mol. The molecular formula is C21H38O3. The van der Waals surface area contributed by atoms with Crippen molar-refractivity contribution in [1.82, 2.24) is 0 Å². The van der Waals surface area contributed by atoms with Gasteiger partial charge in [-0.2, -0.15) is 0 Å². The Morgan fingerprint density at radius 1 is 0.875 bits per heavy atom. The molecule has 1 unspecified atom stereocenters. The smallest absolute Gasteiger partial charge is 0.330 e. The fourth-order valence-corrected chi connectivity index (χ4v) is 2.95. The van der Waals surface area contributed by atoms with Gasteiger partial charge in [-0.1, -0.05) is 77.2 Å². The fourth-order valence-electron chi connectivity index (χ4n) is 2.95. The summed E-state index contributed by atoms with van der Waals surface area (Å²) < 4.78 is 0. The number of carbonyl (C=O) groups is 2. The molecule has 0 heterocycles. The third-order valence-electron chi connectivity index (χ3n) is 4.69. The summed E-state index contributed by atoms with van der Waals surface area (Å²) in [5, 5.41) is 8.75. The number of rotatable bonds is 17. The molecule has 1 atom stereocenters. The number of carbonyl (C=O) groups excluding carboxylic acids is 1. The summed E-state index contributed by atoms with van der Waals surface area (Å²) in [4.78, 5) is 21.8. The van der Waals surface area contributed by atoms with E-state index in [1.165, 1.54) is 51.4 Å². The first kappa shape index (κ1) is 22.9. The Kier molecular flexibility index (Phi) is 15.9. The predicted molar refractivity (Wildman–Crippen MR) is 101 cm³/mol. The predicted octanol–water partition coefficient (Wildman–Crippen LogP) is 6.31. The zero-order valence-corrected chi connectivity index (χ0v) is 15.9. The maximum Gasteiger partial charge on any atom is 0.330 e. The first-order chi connectivity index (χ1) is 11.6. The van der Waals surface area contributed by atoms with Crippen molar-refractivity contribution in [3.05, 3.63) is 11.6 Å². The molecule has 3 heteroatoms. The SMILES string of the molecule is CCCCCCCC(C=O)CCCCCCCCC=C(C)C(=O)O.